The van der Waals surface area contributed by atoms with Crippen LogP contribution in [-0.4, -0.2) is 29.9 Å². The van der Waals surface area contributed by atoms with Crippen molar-refractivity contribution in [1.82, 2.24) is 10.3 Å². The van der Waals surface area contributed by atoms with Crippen LogP contribution in [0.1, 0.15) is 32.1 Å². The van der Waals surface area contributed by atoms with Crippen LogP contribution in [0.3, 0.4) is 0 Å². The predicted molar refractivity (Wildman–Crippen MR) is 94.9 cm³/mol. The summed E-state index contributed by atoms with van der Waals surface area (Å²) < 4.78 is 42.6. The van der Waals surface area contributed by atoms with E-state index in [0.717, 1.165) is 31.1 Å². The molecule has 1 aliphatic carbocycles. The van der Waals surface area contributed by atoms with E-state index in [9.17, 15) is 18.0 Å². The van der Waals surface area contributed by atoms with Gasteiger partial charge in [-0.1, -0.05) is 11.6 Å². The van der Waals surface area contributed by atoms with Gasteiger partial charge in [0.15, 0.2) is 0 Å². The Morgan fingerprint density at radius 3 is 2.65 bits per heavy atom. The monoisotopic (exact) mass is 388 g/mol. The Hall–Kier alpha value is -1.73. The fraction of sp³-hybridized carbons (Fsp3) is 0.500. The highest BCUT2D eigenvalue weighted by molar-refractivity contribution is 6.32. The summed E-state index contributed by atoms with van der Waals surface area (Å²) in [6.45, 7) is -0.0509. The van der Waals surface area contributed by atoms with E-state index < -0.39 is 12.6 Å². The number of ether oxygens (including phenoxy) is 1. The smallest absolute Gasteiger partial charge is 0.390 e. The number of fused-ring (bicyclic) bond motifs is 1. The average Bonchev–Trinajstić information content (AvgIpc) is 2.57. The van der Waals surface area contributed by atoms with Crippen LogP contribution in [0.15, 0.2) is 29.2 Å². The van der Waals surface area contributed by atoms with E-state index in [1.165, 1.54) is 0 Å². The molecule has 2 N–H and O–H groups in total. The van der Waals surface area contributed by atoms with E-state index in [0.29, 0.717) is 16.2 Å². The zero-order valence-corrected chi connectivity index (χ0v) is 14.8. The summed E-state index contributed by atoms with van der Waals surface area (Å²) in [6, 6.07) is 5.21. The van der Waals surface area contributed by atoms with E-state index in [1.807, 2.05) is 0 Å². The van der Waals surface area contributed by atoms with Crippen LogP contribution in [-0.2, 0) is 0 Å². The van der Waals surface area contributed by atoms with Gasteiger partial charge in [-0.3, -0.25) is 4.79 Å². The highest BCUT2D eigenvalue weighted by Crippen LogP contribution is 2.32. The highest BCUT2D eigenvalue weighted by Gasteiger charge is 2.28. The van der Waals surface area contributed by atoms with Gasteiger partial charge >= 0.3 is 6.18 Å². The molecule has 1 fully saturated rings. The first-order valence-electron chi connectivity index (χ1n) is 8.59. The van der Waals surface area contributed by atoms with Crippen molar-refractivity contribution >= 4 is 22.4 Å². The second kappa shape index (κ2) is 7.88. The van der Waals surface area contributed by atoms with Crippen molar-refractivity contribution in [1.29, 1.82) is 0 Å². The molecule has 0 saturated heterocycles. The number of hydrogen-bond acceptors (Lipinski definition) is 3. The number of hydrogen-bond donors (Lipinski definition) is 2. The lowest BCUT2D eigenvalue weighted by Gasteiger charge is -2.30. The zero-order chi connectivity index (χ0) is 18.7. The van der Waals surface area contributed by atoms with E-state index >= 15 is 0 Å². The Balaban J connectivity index is 1.55. The second-order valence-corrected chi connectivity index (χ2v) is 6.99. The summed E-state index contributed by atoms with van der Waals surface area (Å²) in [5, 5.41) is 4.59. The summed E-state index contributed by atoms with van der Waals surface area (Å²) in [6.07, 6.45) is -0.397. The third kappa shape index (κ3) is 4.92. The van der Waals surface area contributed by atoms with Crippen molar-refractivity contribution in [3.05, 3.63) is 39.8 Å². The molecule has 0 aliphatic heterocycles. The van der Waals surface area contributed by atoms with Crippen molar-refractivity contribution in [3.63, 3.8) is 0 Å². The van der Waals surface area contributed by atoms with Gasteiger partial charge < -0.3 is 15.0 Å². The highest BCUT2D eigenvalue weighted by atomic mass is 35.5. The number of benzene rings is 1. The molecule has 0 bridgehead atoms. The van der Waals surface area contributed by atoms with Crippen molar-refractivity contribution in [2.45, 2.75) is 50.4 Å². The Bertz CT molecular complexity index is 814. The maximum atomic E-state index is 12.2. The van der Waals surface area contributed by atoms with Crippen molar-refractivity contribution in [2.75, 3.05) is 6.54 Å². The summed E-state index contributed by atoms with van der Waals surface area (Å²) in [5.74, 6) is 0.526. The van der Waals surface area contributed by atoms with Gasteiger partial charge in [-0.25, -0.2) is 0 Å². The fourth-order valence-electron chi connectivity index (χ4n) is 3.26. The second-order valence-electron chi connectivity index (χ2n) is 6.59. The van der Waals surface area contributed by atoms with Crippen LogP contribution in [0.5, 0.6) is 5.75 Å². The number of alkyl halides is 3. The maximum Gasteiger partial charge on any atom is 0.390 e. The minimum Gasteiger partial charge on any atom is -0.489 e. The molecule has 0 unspecified atom stereocenters. The Kier molecular flexibility index (Phi) is 5.77. The average molecular weight is 389 g/mol. The molecule has 0 spiro atoms. The van der Waals surface area contributed by atoms with Crippen LogP contribution in [0.4, 0.5) is 13.2 Å². The van der Waals surface area contributed by atoms with Gasteiger partial charge in [0, 0.05) is 24.2 Å². The van der Waals surface area contributed by atoms with Gasteiger partial charge in [-0.2, -0.15) is 13.2 Å². The van der Waals surface area contributed by atoms with Crippen molar-refractivity contribution in [3.8, 4) is 5.75 Å². The SMILES string of the molecule is O=c1[nH]ccc2cc(O[C@H]3CC[C@@H](NCCC(F)(F)F)CC3)c(Cl)cc12. The molecule has 0 radical (unpaired) electrons. The van der Waals surface area contributed by atoms with Gasteiger partial charge in [0.05, 0.1) is 17.5 Å². The summed E-state index contributed by atoms with van der Waals surface area (Å²) in [7, 11) is 0. The number of aromatic nitrogens is 1. The van der Waals surface area contributed by atoms with Gasteiger partial charge in [-0.15, -0.1) is 0 Å². The third-order valence-corrected chi connectivity index (χ3v) is 4.93. The summed E-state index contributed by atoms with van der Waals surface area (Å²) in [5.41, 5.74) is -0.207. The summed E-state index contributed by atoms with van der Waals surface area (Å²) >= 11 is 6.24. The molecule has 1 saturated carbocycles. The van der Waals surface area contributed by atoms with E-state index in [1.54, 1.807) is 24.4 Å². The summed E-state index contributed by atoms with van der Waals surface area (Å²) in [4.78, 5) is 14.4. The van der Waals surface area contributed by atoms with Crippen molar-refractivity contribution in [2.24, 2.45) is 0 Å². The molecule has 2 aromatic rings. The van der Waals surface area contributed by atoms with Crippen LogP contribution < -0.4 is 15.6 Å². The maximum absolute atomic E-state index is 12.2. The number of halogens is 4. The topological polar surface area (TPSA) is 54.1 Å². The molecule has 1 aliphatic rings. The molecule has 1 aromatic heterocycles. The Morgan fingerprint density at radius 1 is 1.23 bits per heavy atom. The van der Waals surface area contributed by atoms with Gasteiger partial charge in [0.25, 0.3) is 5.56 Å². The minimum absolute atomic E-state index is 0.0346. The largest absolute Gasteiger partial charge is 0.489 e. The zero-order valence-electron chi connectivity index (χ0n) is 14.0. The lowest BCUT2D eigenvalue weighted by Crippen LogP contribution is -2.37. The number of nitrogens with one attached hydrogen (secondary N) is 2. The first-order valence-corrected chi connectivity index (χ1v) is 8.97. The Morgan fingerprint density at radius 2 is 1.96 bits per heavy atom. The Labute approximate surface area is 153 Å². The lowest BCUT2D eigenvalue weighted by atomic mass is 9.93. The van der Waals surface area contributed by atoms with Crippen LogP contribution >= 0.6 is 11.6 Å². The van der Waals surface area contributed by atoms with Gasteiger partial charge in [-0.05, 0) is 49.3 Å². The molecular weight excluding hydrogens is 369 g/mol. The van der Waals surface area contributed by atoms with Crippen LogP contribution in [0.2, 0.25) is 5.02 Å². The molecule has 8 heteroatoms. The molecule has 142 valence electrons. The first-order chi connectivity index (χ1) is 12.3. The van der Waals surface area contributed by atoms with Crippen LogP contribution in [0, 0.1) is 0 Å². The van der Waals surface area contributed by atoms with Gasteiger partial charge in [0.2, 0.25) is 0 Å². The number of pyridine rings is 1. The normalized spacial score (nSPS) is 21.1. The van der Waals surface area contributed by atoms with Crippen LogP contribution in [0.25, 0.3) is 10.8 Å². The number of rotatable bonds is 5. The standard InChI is InChI=1S/C18H20ClF3N2O2/c19-15-10-14-11(5-7-24-17(14)25)9-16(15)26-13-3-1-12(2-4-13)23-8-6-18(20,21)22/h5,7,9-10,12-13,23H,1-4,6,8H2,(H,24,25)/t12-,13+. The first kappa shape index (κ1) is 19.0. The molecule has 0 amide bonds. The molecule has 0 atom stereocenters. The quantitative estimate of drug-likeness (QED) is 0.797. The molecular formula is C18H20ClF3N2O2. The van der Waals surface area contributed by atoms with E-state index in [2.05, 4.69) is 10.3 Å². The fourth-order valence-corrected chi connectivity index (χ4v) is 3.47. The number of aromatic amines is 1. The molecule has 3 rings (SSSR count). The minimum atomic E-state index is -4.12. The third-order valence-electron chi connectivity index (χ3n) is 4.64. The lowest BCUT2D eigenvalue weighted by molar-refractivity contribution is -0.133. The van der Waals surface area contributed by atoms with Gasteiger partial charge in [0.1, 0.15) is 5.75 Å². The van der Waals surface area contributed by atoms with Crippen molar-refractivity contribution < 1.29 is 17.9 Å². The molecule has 4 nitrogen and oxygen atoms in total. The van der Waals surface area contributed by atoms with E-state index in [4.69, 9.17) is 16.3 Å². The molecule has 1 heterocycles. The number of H-pyrrole nitrogens is 1. The molecule has 26 heavy (non-hydrogen) atoms. The molecule has 1 aromatic carbocycles. The predicted octanol–water partition coefficient (Wildman–Crippen LogP) is 4.41. The van der Waals surface area contributed by atoms with E-state index in [-0.39, 0.29) is 24.2 Å².